The van der Waals surface area contributed by atoms with Crippen molar-refractivity contribution < 1.29 is 26.3 Å². The molecule has 1 aliphatic rings. The summed E-state index contributed by atoms with van der Waals surface area (Å²) in [6.07, 6.45) is -2.12. The van der Waals surface area contributed by atoms with Crippen molar-refractivity contribution in [2.75, 3.05) is 11.8 Å². The lowest BCUT2D eigenvalue weighted by Gasteiger charge is -2.25. The molecule has 1 unspecified atom stereocenters. The number of rotatable bonds is 5. The second-order valence-electron chi connectivity index (χ2n) is 6.43. The smallest absolute Gasteiger partial charge is 0.392 e. The molecule has 0 saturated carbocycles. The number of halogens is 3. The third-order valence-corrected chi connectivity index (χ3v) is 6.03. The van der Waals surface area contributed by atoms with E-state index in [2.05, 4.69) is 14.7 Å². The van der Waals surface area contributed by atoms with Crippen LogP contribution in [0.25, 0.3) is 0 Å². The molecule has 0 aliphatic heterocycles. The van der Waals surface area contributed by atoms with Crippen LogP contribution in [-0.2, 0) is 29.3 Å². The first kappa shape index (κ1) is 20.0. The van der Waals surface area contributed by atoms with Crippen molar-refractivity contribution >= 4 is 15.8 Å². The lowest BCUT2D eigenvalue weighted by molar-refractivity contribution is -0.177. The zero-order chi connectivity index (χ0) is 20.5. The van der Waals surface area contributed by atoms with Crippen molar-refractivity contribution in [2.24, 2.45) is 5.92 Å². The third-order valence-electron chi connectivity index (χ3n) is 4.63. The Kier molecular flexibility index (Phi) is 5.25. The Labute approximate surface area is 159 Å². The molecule has 2 N–H and O–H groups in total. The minimum absolute atomic E-state index is 0.00488. The highest BCUT2D eigenvalue weighted by Crippen LogP contribution is 2.39. The molecule has 0 fully saturated rings. The van der Waals surface area contributed by atoms with Crippen LogP contribution in [0.5, 0.6) is 5.75 Å². The summed E-state index contributed by atoms with van der Waals surface area (Å²) in [6.45, 7) is 0. The van der Waals surface area contributed by atoms with Gasteiger partial charge < -0.3 is 9.72 Å². The van der Waals surface area contributed by atoms with E-state index in [0.717, 1.165) is 0 Å². The van der Waals surface area contributed by atoms with Gasteiger partial charge in [0.15, 0.2) is 11.6 Å². The van der Waals surface area contributed by atoms with Gasteiger partial charge in [0.05, 0.1) is 25.5 Å². The Morgan fingerprint density at radius 2 is 2.21 bits per heavy atom. The van der Waals surface area contributed by atoms with Crippen LogP contribution in [-0.4, -0.2) is 31.7 Å². The Bertz CT molecular complexity index is 1030. The van der Waals surface area contributed by atoms with E-state index < -0.39 is 22.1 Å². The SMILES string of the molecule is COc1cc(CC#N)cnc1NS(=O)(=O)c1c[nH]c2c1CCC(C(F)(F)F)C2. The van der Waals surface area contributed by atoms with E-state index in [9.17, 15) is 21.6 Å². The maximum atomic E-state index is 12.9. The molecule has 3 rings (SSSR count). The van der Waals surface area contributed by atoms with E-state index in [1.807, 2.05) is 6.07 Å². The summed E-state index contributed by atoms with van der Waals surface area (Å²) < 4.78 is 71.9. The monoisotopic (exact) mass is 414 g/mol. The number of nitriles is 1. The number of methoxy groups -OCH3 is 1. The highest BCUT2D eigenvalue weighted by atomic mass is 32.2. The first-order valence-electron chi connectivity index (χ1n) is 8.34. The van der Waals surface area contributed by atoms with E-state index in [1.54, 1.807) is 0 Å². The Morgan fingerprint density at radius 1 is 1.46 bits per heavy atom. The summed E-state index contributed by atoms with van der Waals surface area (Å²) in [5.74, 6) is -1.42. The fourth-order valence-electron chi connectivity index (χ4n) is 3.21. The molecular formula is C17H17F3N4O3S. The quantitative estimate of drug-likeness (QED) is 0.782. The van der Waals surface area contributed by atoms with Crippen molar-refractivity contribution in [3.8, 4) is 11.8 Å². The molecule has 0 spiro atoms. The number of alkyl halides is 3. The predicted molar refractivity (Wildman–Crippen MR) is 93.3 cm³/mol. The summed E-state index contributed by atoms with van der Waals surface area (Å²) in [7, 11) is -2.76. The standard InChI is InChI=1S/C17H17F3N4O3S/c1-27-14-6-10(4-5-21)8-23-16(14)24-28(25,26)15-9-22-13-7-11(17(18,19)20)2-3-12(13)15/h6,8-9,11,22H,2-4,7H2,1H3,(H,23,24). The largest absolute Gasteiger partial charge is 0.493 e. The predicted octanol–water partition coefficient (Wildman–Crippen LogP) is 2.95. The van der Waals surface area contributed by atoms with Crippen LogP contribution < -0.4 is 9.46 Å². The number of anilines is 1. The Hall–Kier alpha value is -2.74. The average Bonchev–Trinajstić information content (AvgIpc) is 3.06. The number of aromatic nitrogens is 2. The van der Waals surface area contributed by atoms with Gasteiger partial charge in [-0.1, -0.05) is 0 Å². The number of nitrogens with one attached hydrogen (secondary N) is 2. The number of aromatic amines is 1. The molecule has 0 amide bonds. The molecule has 1 aliphatic carbocycles. The minimum atomic E-state index is -4.32. The van der Waals surface area contributed by atoms with Gasteiger partial charge in [-0.05, 0) is 36.5 Å². The van der Waals surface area contributed by atoms with Gasteiger partial charge in [0.1, 0.15) is 4.90 Å². The molecule has 7 nitrogen and oxygen atoms in total. The van der Waals surface area contributed by atoms with Gasteiger partial charge >= 0.3 is 6.18 Å². The second kappa shape index (κ2) is 7.35. The highest BCUT2D eigenvalue weighted by molar-refractivity contribution is 7.92. The molecular weight excluding hydrogens is 397 g/mol. The van der Waals surface area contributed by atoms with E-state index >= 15 is 0 Å². The van der Waals surface area contributed by atoms with Gasteiger partial charge in [0, 0.05) is 18.1 Å². The average molecular weight is 414 g/mol. The summed E-state index contributed by atoms with van der Waals surface area (Å²) in [4.78, 5) is 6.56. The molecule has 28 heavy (non-hydrogen) atoms. The van der Waals surface area contributed by atoms with Crippen molar-refractivity contribution in [1.29, 1.82) is 5.26 Å². The summed E-state index contributed by atoms with van der Waals surface area (Å²) in [6, 6.07) is 3.45. The van der Waals surface area contributed by atoms with Crippen LogP contribution in [0, 0.1) is 17.2 Å². The van der Waals surface area contributed by atoms with Crippen LogP contribution in [0.1, 0.15) is 23.2 Å². The summed E-state index contributed by atoms with van der Waals surface area (Å²) in [5, 5.41) is 8.74. The van der Waals surface area contributed by atoms with Crippen molar-refractivity contribution in [2.45, 2.75) is 36.8 Å². The Morgan fingerprint density at radius 3 is 2.86 bits per heavy atom. The van der Waals surface area contributed by atoms with E-state index in [-0.39, 0.29) is 47.8 Å². The van der Waals surface area contributed by atoms with Gasteiger partial charge in [-0.3, -0.25) is 4.72 Å². The molecule has 11 heteroatoms. The fourth-order valence-corrected chi connectivity index (χ4v) is 4.49. The first-order valence-corrected chi connectivity index (χ1v) is 9.82. The van der Waals surface area contributed by atoms with E-state index in [4.69, 9.17) is 10.00 Å². The van der Waals surface area contributed by atoms with Gasteiger partial charge in [0.25, 0.3) is 10.0 Å². The van der Waals surface area contributed by atoms with Crippen molar-refractivity contribution in [3.05, 3.63) is 35.3 Å². The molecule has 0 bridgehead atoms. The Balaban J connectivity index is 1.88. The maximum absolute atomic E-state index is 12.9. The molecule has 150 valence electrons. The summed E-state index contributed by atoms with van der Waals surface area (Å²) >= 11 is 0. The second-order valence-corrected chi connectivity index (χ2v) is 8.08. The number of H-pyrrole nitrogens is 1. The van der Waals surface area contributed by atoms with Crippen LogP contribution in [0.3, 0.4) is 0 Å². The highest BCUT2D eigenvalue weighted by Gasteiger charge is 2.42. The maximum Gasteiger partial charge on any atom is 0.392 e. The number of fused-ring (bicyclic) bond motifs is 1. The minimum Gasteiger partial charge on any atom is -0.493 e. The molecule has 2 aromatic rings. The van der Waals surface area contributed by atoms with Crippen LogP contribution in [0.2, 0.25) is 0 Å². The van der Waals surface area contributed by atoms with Crippen LogP contribution in [0.4, 0.5) is 19.0 Å². The van der Waals surface area contributed by atoms with Gasteiger partial charge in [-0.2, -0.15) is 18.4 Å². The zero-order valence-corrected chi connectivity index (χ0v) is 15.6. The molecule has 2 aromatic heterocycles. The number of ether oxygens (including phenoxy) is 1. The topological polar surface area (TPSA) is 108 Å². The number of hydrogen-bond donors (Lipinski definition) is 2. The molecule has 0 aromatic carbocycles. The van der Waals surface area contributed by atoms with Crippen molar-refractivity contribution in [1.82, 2.24) is 9.97 Å². The third kappa shape index (κ3) is 3.91. The zero-order valence-electron chi connectivity index (χ0n) is 14.8. The lowest BCUT2D eigenvalue weighted by Crippen LogP contribution is -2.29. The van der Waals surface area contributed by atoms with Crippen LogP contribution in [0.15, 0.2) is 23.4 Å². The molecule has 0 radical (unpaired) electrons. The number of pyridine rings is 1. The summed E-state index contributed by atoms with van der Waals surface area (Å²) in [5.41, 5.74) is 1.19. The van der Waals surface area contributed by atoms with Crippen molar-refractivity contribution in [3.63, 3.8) is 0 Å². The van der Waals surface area contributed by atoms with Crippen LogP contribution >= 0.6 is 0 Å². The van der Waals surface area contributed by atoms with Gasteiger partial charge in [-0.25, -0.2) is 13.4 Å². The molecule has 1 atom stereocenters. The van der Waals surface area contributed by atoms with E-state index in [1.165, 1.54) is 25.6 Å². The molecule has 0 saturated heterocycles. The number of sulfonamides is 1. The number of nitrogens with zero attached hydrogens (tertiary/aromatic N) is 2. The fraction of sp³-hybridized carbons (Fsp3) is 0.412. The first-order chi connectivity index (χ1) is 13.2. The van der Waals surface area contributed by atoms with Gasteiger partial charge in [0.2, 0.25) is 0 Å². The lowest BCUT2D eigenvalue weighted by atomic mass is 9.87. The van der Waals surface area contributed by atoms with Gasteiger partial charge in [-0.15, -0.1) is 0 Å². The normalized spacial score (nSPS) is 16.9. The molecule has 2 heterocycles. The number of hydrogen-bond acceptors (Lipinski definition) is 5. The van der Waals surface area contributed by atoms with E-state index in [0.29, 0.717) is 11.1 Å².